The maximum Gasteiger partial charge on any atom is 0.307 e. The molecule has 1 fully saturated rings. The number of fused-ring (bicyclic) bond motifs is 1. The summed E-state index contributed by atoms with van der Waals surface area (Å²) in [6.45, 7) is 2.41. The summed E-state index contributed by atoms with van der Waals surface area (Å²) in [5, 5.41) is 20.4. The van der Waals surface area contributed by atoms with Gasteiger partial charge in [-0.05, 0) is 31.1 Å². The third-order valence-electron chi connectivity index (χ3n) is 5.35. The van der Waals surface area contributed by atoms with Gasteiger partial charge in [0.1, 0.15) is 0 Å². The fraction of sp³-hybridized carbons (Fsp3) is 0.750. The zero-order chi connectivity index (χ0) is 18.9. The Labute approximate surface area is 156 Å². The maximum absolute atomic E-state index is 11.1. The van der Waals surface area contributed by atoms with Crippen LogP contribution in [0.25, 0.3) is 0 Å². The highest BCUT2D eigenvalue weighted by atomic mass is 16.6. The van der Waals surface area contributed by atoms with Gasteiger partial charge in [0.15, 0.2) is 0 Å². The Kier molecular flexibility index (Phi) is 8.62. The number of methoxy groups -OCH3 is 1. The summed E-state index contributed by atoms with van der Waals surface area (Å²) in [5.74, 6) is 0.393. The first-order chi connectivity index (χ1) is 12.5. The Morgan fingerprint density at radius 2 is 2.27 bits per heavy atom. The molecule has 0 amide bonds. The average molecular weight is 367 g/mol. The van der Waals surface area contributed by atoms with Gasteiger partial charge < -0.3 is 14.9 Å². The smallest absolute Gasteiger partial charge is 0.307 e. The van der Waals surface area contributed by atoms with E-state index in [0.717, 1.165) is 44.2 Å². The summed E-state index contributed by atoms with van der Waals surface area (Å²) in [6, 6.07) is 0. The first-order valence-corrected chi connectivity index (χ1v) is 9.74. The molecule has 148 valence electrons. The van der Waals surface area contributed by atoms with Crippen molar-refractivity contribution in [3.05, 3.63) is 23.9 Å². The number of hydrogen-bond donors (Lipinski definition) is 3. The highest BCUT2D eigenvalue weighted by molar-refractivity contribution is 5.69. The van der Waals surface area contributed by atoms with E-state index in [1.54, 1.807) is 0 Å². The van der Waals surface area contributed by atoms with Crippen molar-refractivity contribution in [3.8, 4) is 0 Å². The number of allylic oxidation sites excluding steroid dienone is 2. The first kappa shape index (κ1) is 20.9. The number of nitrogens with one attached hydrogen (secondary N) is 1. The number of aliphatic hydroxyl groups is 2. The van der Waals surface area contributed by atoms with E-state index in [9.17, 15) is 15.0 Å². The minimum absolute atomic E-state index is 0.0372. The summed E-state index contributed by atoms with van der Waals surface area (Å²) >= 11 is 0. The molecule has 1 unspecified atom stereocenters. The Hall–Kier alpha value is -1.37. The number of aliphatic hydroxyl groups excluding tert-OH is 2. The predicted octanol–water partition coefficient (Wildman–Crippen LogP) is 2.47. The molecule has 2 rings (SSSR count). The molecule has 5 atom stereocenters. The van der Waals surface area contributed by atoms with Crippen LogP contribution in [0.3, 0.4) is 0 Å². The SMILES string of the molecule is CCCCCC(O)C=C[C@H]1[C@@H]2C=C(NOCCC(=O)OC)C[C@H]2C[C@@H]1O. The van der Waals surface area contributed by atoms with Crippen LogP contribution in [0.5, 0.6) is 0 Å². The number of unbranched alkanes of at least 4 members (excludes halogenated alkanes) is 2. The van der Waals surface area contributed by atoms with Crippen molar-refractivity contribution in [3.63, 3.8) is 0 Å². The normalized spacial score (nSPS) is 28.8. The van der Waals surface area contributed by atoms with Crippen LogP contribution in [0.15, 0.2) is 23.9 Å². The van der Waals surface area contributed by atoms with Crippen molar-refractivity contribution in [2.75, 3.05) is 13.7 Å². The number of hydroxylamine groups is 1. The second-order valence-electron chi connectivity index (χ2n) is 7.34. The van der Waals surface area contributed by atoms with Crippen LogP contribution in [0.2, 0.25) is 0 Å². The van der Waals surface area contributed by atoms with E-state index < -0.39 is 6.10 Å². The summed E-state index contributed by atoms with van der Waals surface area (Å²) in [5.41, 5.74) is 3.92. The van der Waals surface area contributed by atoms with Gasteiger partial charge in [0.05, 0.1) is 32.3 Å². The molecule has 0 aromatic carbocycles. The highest BCUT2D eigenvalue weighted by Gasteiger charge is 2.43. The van der Waals surface area contributed by atoms with Crippen LogP contribution in [0.1, 0.15) is 51.9 Å². The van der Waals surface area contributed by atoms with Crippen molar-refractivity contribution in [2.24, 2.45) is 17.8 Å². The number of carbonyl (C=O) groups excluding carboxylic acids is 1. The van der Waals surface area contributed by atoms with Gasteiger partial charge in [-0.1, -0.05) is 44.4 Å². The van der Waals surface area contributed by atoms with Crippen LogP contribution in [-0.2, 0) is 14.4 Å². The third kappa shape index (κ3) is 6.11. The number of rotatable bonds is 11. The summed E-state index contributed by atoms with van der Waals surface area (Å²) in [4.78, 5) is 16.4. The van der Waals surface area contributed by atoms with Crippen molar-refractivity contribution < 1.29 is 24.6 Å². The van der Waals surface area contributed by atoms with Gasteiger partial charge >= 0.3 is 5.97 Å². The average Bonchev–Trinajstić information content (AvgIpc) is 3.13. The molecule has 26 heavy (non-hydrogen) atoms. The fourth-order valence-corrected chi connectivity index (χ4v) is 3.91. The monoisotopic (exact) mass is 367 g/mol. The topological polar surface area (TPSA) is 88.0 Å². The molecule has 0 aromatic rings. The Balaban J connectivity index is 1.80. The number of esters is 1. The van der Waals surface area contributed by atoms with E-state index in [1.165, 1.54) is 7.11 Å². The van der Waals surface area contributed by atoms with Gasteiger partial charge in [-0.15, -0.1) is 0 Å². The molecule has 3 N–H and O–H groups in total. The van der Waals surface area contributed by atoms with Crippen molar-refractivity contribution in [1.29, 1.82) is 0 Å². The quantitative estimate of drug-likeness (QED) is 0.225. The zero-order valence-electron chi connectivity index (χ0n) is 15.9. The Morgan fingerprint density at radius 3 is 3.00 bits per heavy atom. The zero-order valence-corrected chi connectivity index (χ0v) is 15.9. The van der Waals surface area contributed by atoms with E-state index in [-0.39, 0.29) is 36.9 Å². The molecule has 1 saturated carbocycles. The van der Waals surface area contributed by atoms with Crippen LogP contribution in [0, 0.1) is 17.8 Å². The second-order valence-corrected chi connectivity index (χ2v) is 7.34. The molecule has 0 heterocycles. The van der Waals surface area contributed by atoms with E-state index in [4.69, 9.17) is 4.84 Å². The van der Waals surface area contributed by atoms with Gasteiger partial charge in [-0.25, -0.2) is 0 Å². The van der Waals surface area contributed by atoms with E-state index in [0.29, 0.717) is 5.92 Å². The van der Waals surface area contributed by atoms with E-state index in [2.05, 4.69) is 23.2 Å². The van der Waals surface area contributed by atoms with Crippen LogP contribution in [-0.4, -0.2) is 42.1 Å². The van der Waals surface area contributed by atoms with Gasteiger partial charge in [0.2, 0.25) is 0 Å². The number of ether oxygens (including phenoxy) is 1. The molecular formula is C20H33NO5. The summed E-state index contributed by atoms with van der Waals surface area (Å²) in [7, 11) is 1.36. The van der Waals surface area contributed by atoms with Crippen LogP contribution < -0.4 is 5.48 Å². The number of carbonyl (C=O) groups is 1. The minimum Gasteiger partial charge on any atom is -0.469 e. The van der Waals surface area contributed by atoms with Crippen molar-refractivity contribution in [2.45, 2.75) is 64.1 Å². The Morgan fingerprint density at radius 1 is 1.46 bits per heavy atom. The maximum atomic E-state index is 11.1. The van der Waals surface area contributed by atoms with E-state index >= 15 is 0 Å². The lowest BCUT2D eigenvalue weighted by Gasteiger charge is -2.16. The lowest BCUT2D eigenvalue weighted by molar-refractivity contribution is -0.142. The standard InChI is InChI=1S/C20H33NO5/c1-3-4-5-6-16(22)7-8-17-18-13-15(11-14(18)12-19(17)23)21-26-10-9-20(24)25-2/h7-8,13-14,16-19,21-23H,3-6,9-12H2,1-2H3/t14-,16?,17-,18+,19-/m0/s1. The second kappa shape index (κ2) is 10.7. The van der Waals surface area contributed by atoms with Gasteiger partial charge in [0, 0.05) is 11.6 Å². The van der Waals surface area contributed by atoms with Gasteiger partial charge in [-0.2, -0.15) is 0 Å². The fourth-order valence-electron chi connectivity index (χ4n) is 3.91. The minimum atomic E-state index is -0.433. The molecule has 2 aliphatic carbocycles. The van der Waals surface area contributed by atoms with E-state index in [1.807, 2.05) is 12.2 Å². The molecule has 6 heteroatoms. The molecule has 0 radical (unpaired) electrons. The van der Waals surface area contributed by atoms with Crippen molar-refractivity contribution in [1.82, 2.24) is 5.48 Å². The first-order valence-electron chi connectivity index (χ1n) is 9.74. The third-order valence-corrected chi connectivity index (χ3v) is 5.35. The lowest BCUT2D eigenvalue weighted by atomic mass is 9.91. The molecule has 0 aromatic heterocycles. The molecule has 0 saturated heterocycles. The molecule has 0 aliphatic heterocycles. The molecule has 0 bridgehead atoms. The molecular weight excluding hydrogens is 334 g/mol. The van der Waals surface area contributed by atoms with Crippen LogP contribution >= 0.6 is 0 Å². The number of hydrogen-bond acceptors (Lipinski definition) is 6. The highest BCUT2D eigenvalue weighted by Crippen LogP contribution is 2.46. The van der Waals surface area contributed by atoms with Gasteiger partial charge in [0.25, 0.3) is 0 Å². The predicted molar refractivity (Wildman–Crippen MR) is 98.8 cm³/mol. The Bertz CT molecular complexity index is 504. The van der Waals surface area contributed by atoms with Crippen molar-refractivity contribution >= 4 is 5.97 Å². The summed E-state index contributed by atoms with van der Waals surface area (Å²) < 4.78 is 4.57. The van der Waals surface area contributed by atoms with Gasteiger partial charge in [-0.3, -0.25) is 15.1 Å². The molecule has 2 aliphatic rings. The molecule has 0 spiro atoms. The largest absolute Gasteiger partial charge is 0.469 e. The summed E-state index contributed by atoms with van der Waals surface area (Å²) in [6.07, 6.45) is 11.1. The molecule has 6 nitrogen and oxygen atoms in total. The lowest BCUT2D eigenvalue weighted by Crippen LogP contribution is -2.18. The van der Waals surface area contributed by atoms with Crippen LogP contribution in [0.4, 0.5) is 0 Å².